The van der Waals surface area contributed by atoms with Crippen molar-refractivity contribution < 1.29 is 13.2 Å². The second-order valence-corrected chi connectivity index (χ2v) is 11.8. The molecule has 10 heteroatoms. The van der Waals surface area contributed by atoms with Gasteiger partial charge in [0.2, 0.25) is 5.91 Å². The highest BCUT2D eigenvalue weighted by Gasteiger charge is 2.29. The molecule has 2 saturated heterocycles. The molecular weight excluding hydrogens is 495 g/mol. The molecule has 2 aromatic carbocycles. The number of nitrogens with one attached hydrogen (secondary N) is 2. The van der Waals surface area contributed by atoms with Crippen LogP contribution >= 0.6 is 23.2 Å². The largest absolute Gasteiger partial charge is 0.377 e. The van der Waals surface area contributed by atoms with Crippen LogP contribution in [0.1, 0.15) is 31.4 Å². The maximum atomic E-state index is 12.7. The lowest BCUT2D eigenvalue weighted by Crippen LogP contribution is -2.53. The number of nitrogens with zero attached hydrogens (tertiary/aromatic N) is 2. The van der Waals surface area contributed by atoms with E-state index in [0.717, 1.165) is 30.6 Å². The molecule has 0 unspecified atom stereocenters. The van der Waals surface area contributed by atoms with Gasteiger partial charge >= 0.3 is 0 Å². The molecule has 1 amide bonds. The highest BCUT2D eigenvalue weighted by Crippen LogP contribution is 2.33. The molecule has 7 nitrogen and oxygen atoms in total. The Hall–Kier alpha value is -2.00. The fourth-order valence-electron chi connectivity index (χ4n) is 4.62. The van der Waals surface area contributed by atoms with Crippen molar-refractivity contribution in [1.29, 1.82) is 0 Å². The Kier molecular flexibility index (Phi) is 7.62. The third-order valence-electron chi connectivity index (χ3n) is 6.48. The van der Waals surface area contributed by atoms with E-state index in [-0.39, 0.29) is 22.9 Å². The average molecular weight is 526 g/mol. The van der Waals surface area contributed by atoms with Crippen molar-refractivity contribution in [2.75, 3.05) is 49.2 Å². The number of piperazine rings is 1. The zero-order chi connectivity index (χ0) is 24.5. The summed E-state index contributed by atoms with van der Waals surface area (Å²) in [7, 11) is -3.45. The molecule has 4 rings (SSSR count). The summed E-state index contributed by atoms with van der Waals surface area (Å²) < 4.78 is 24.9. The van der Waals surface area contributed by atoms with Gasteiger partial charge in [-0.25, -0.2) is 8.42 Å². The molecular formula is C24H30Cl2N4O3S. The summed E-state index contributed by atoms with van der Waals surface area (Å²) in [6, 6.07) is 10.3. The standard InChI is InChI=1S/C24H30Cl2N4O3S/c1-16(19-7-5-17(25)14-20(19)26)28-22-15-18(6-8-23(22)34(2,32)33)29-10-12-30(13-11-29)24(31)21-4-3-9-27-21/h5-8,14-16,21,27-28H,3-4,9-13H2,1-2H3/t16-,21-/m1/s1. The lowest BCUT2D eigenvalue weighted by Gasteiger charge is -2.37. The van der Waals surface area contributed by atoms with Crippen LogP contribution in [-0.4, -0.2) is 64.2 Å². The number of benzene rings is 2. The van der Waals surface area contributed by atoms with Crippen LogP contribution < -0.4 is 15.5 Å². The summed E-state index contributed by atoms with van der Waals surface area (Å²) in [4.78, 5) is 17.0. The summed E-state index contributed by atoms with van der Waals surface area (Å²) >= 11 is 12.4. The Balaban J connectivity index is 1.52. The summed E-state index contributed by atoms with van der Waals surface area (Å²) in [6.45, 7) is 5.49. The Labute approximate surface area is 211 Å². The van der Waals surface area contributed by atoms with Gasteiger partial charge in [-0.3, -0.25) is 4.79 Å². The predicted octanol–water partition coefficient (Wildman–Crippen LogP) is 3.97. The van der Waals surface area contributed by atoms with E-state index in [9.17, 15) is 13.2 Å². The highest BCUT2D eigenvalue weighted by atomic mass is 35.5. The monoisotopic (exact) mass is 524 g/mol. The van der Waals surface area contributed by atoms with Gasteiger partial charge in [0.1, 0.15) is 0 Å². The number of carbonyl (C=O) groups excluding carboxylic acids is 1. The minimum absolute atomic E-state index is 0.0578. The Morgan fingerprint density at radius 3 is 2.47 bits per heavy atom. The normalized spacial score (nSPS) is 19.8. The van der Waals surface area contributed by atoms with E-state index in [0.29, 0.717) is 41.9 Å². The van der Waals surface area contributed by atoms with E-state index in [2.05, 4.69) is 15.5 Å². The first kappa shape index (κ1) is 25.1. The van der Waals surface area contributed by atoms with Crippen molar-refractivity contribution >= 4 is 50.3 Å². The summed E-state index contributed by atoms with van der Waals surface area (Å²) in [5, 5.41) is 7.67. The molecule has 2 aromatic rings. The van der Waals surface area contributed by atoms with Gasteiger partial charge in [0.15, 0.2) is 9.84 Å². The second-order valence-electron chi connectivity index (χ2n) is 8.95. The van der Waals surface area contributed by atoms with Gasteiger partial charge in [-0.2, -0.15) is 0 Å². The van der Waals surface area contributed by atoms with Crippen molar-refractivity contribution in [2.24, 2.45) is 0 Å². The van der Waals surface area contributed by atoms with Gasteiger partial charge in [-0.1, -0.05) is 29.3 Å². The van der Waals surface area contributed by atoms with Crippen molar-refractivity contribution in [2.45, 2.75) is 36.7 Å². The van der Waals surface area contributed by atoms with Gasteiger partial charge in [0, 0.05) is 48.2 Å². The van der Waals surface area contributed by atoms with E-state index >= 15 is 0 Å². The number of hydrogen-bond donors (Lipinski definition) is 2. The van der Waals surface area contributed by atoms with Gasteiger partial charge < -0.3 is 20.4 Å². The molecule has 2 N–H and O–H groups in total. The number of carbonyl (C=O) groups is 1. The van der Waals surface area contributed by atoms with Crippen molar-refractivity contribution in [1.82, 2.24) is 10.2 Å². The molecule has 2 aliphatic rings. The van der Waals surface area contributed by atoms with Crippen LogP contribution in [0.2, 0.25) is 10.0 Å². The smallest absolute Gasteiger partial charge is 0.239 e. The zero-order valence-corrected chi connectivity index (χ0v) is 21.7. The lowest BCUT2D eigenvalue weighted by atomic mass is 10.1. The molecule has 0 saturated carbocycles. The summed E-state index contributed by atoms with van der Waals surface area (Å²) in [5.74, 6) is 0.181. The molecule has 0 radical (unpaired) electrons. The number of amides is 1. The third kappa shape index (κ3) is 5.62. The van der Waals surface area contributed by atoms with Crippen LogP contribution in [-0.2, 0) is 14.6 Å². The Morgan fingerprint density at radius 1 is 1.12 bits per heavy atom. The maximum Gasteiger partial charge on any atom is 0.239 e. The predicted molar refractivity (Wildman–Crippen MR) is 138 cm³/mol. The summed E-state index contributed by atoms with van der Waals surface area (Å²) in [6.07, 6.45) is 3.14. The number of sulfone groups is 1. The number of halogens is 2. The van der Waals surface area contributed by atoms with E-state index < -0.39 is 9.84 Å². The maximum absolute atomic E-state index is 12.7. The van der Waals surface area contributed by atoms with Gasteiger partial charge in [-0.05, 0) is 62.2 Å². The van der Waals surface area contributed by atoms with Crippen molar-refractivity contribution in [3.63, 3.8) is 0 Å². The minimum Gasteiger partial charge on any atom is -0.377 e. The fourth-order valence-corrected chi connectivity index (χ4v) is 6.02. The van der Waals surface area contributed by atoms with E-state index in [1.807, 2.05) is 30.0 Å². The van der Waals surface area contributed by atoms with Crippen LogP contribution in [0, 0.1) is 0 Å². The lowest BCUT2D eigenvalue weighted by molar-refractivity contribution is -0.133. The quantitative estimate of drug-likeness (QED) is 0.594. The molecule has 0 spiro atoms. The van der Waals surface area contributed by atoms with Crippen LogP contribution in [0.5, 0.6) is 0 Å². The average Bonchev–Trinajstić information content (AvgIpc) is 3.33. The van der Waals surface area contributed by atoms with E-state index in [1.54, 1.807) is 18.2 Å². The molecule has 2 atom stereocenters. The van der Waals surface area contributed by atoms with Crippen LogP contribution in [0.25, 0.3) is 0 Å². The Bertz CT molecular complexity index is 1160. The first-order valence-corrected chi connectivity index (χ1v) is 14.1. The minimum atomic E-state index is -3.45. The van der Waals surface area contributed by atoms with Crippen LogP contribution in [0.3, 0.4) is 0 Å². The van der Waals surface area contributed by atoms with E-state index in [1.165, 1.54) is 6.26 Å². The summed E-state index contributed by atoms with van der Waals surface area (Å²) in [5.41, 5.74) is 2.26. The fraction of sp³-hybridized carbons (Fsp3) is 0.458. The number of rotatable bonds is 6. The first-order chi connectivity index (χ1) is 16.1. The molecule has 0 aliphatic carbocycles. The van der Waals surface area contributed by atoms with Crippen molar-refractivity contribution in [3.05, 3.63) is 52.0 Å². The molecule has 0 aromatic heterocycles. The molecule has 184 valence electrons. The van der Waals surface area contributed by atoms with Crippen LogP contribution in [0.15, 0.2) is 41.3 Å². The van der Waals surface area contributed by atoms with E-state index in [4.69, 9.17) is 23.2 Å². The topological polar surface area (TPSA) is 81.8 Å². The van der Waals surface area contributed by atoms with Gasteiger partial charge in [0.25, 0.3) is 0 Å². The first-order valence-electron chi connectivity index (χ1n) is 11.5. The van der Waals surface area contributed by atoms with Gasteiger partial charge in [0.05, 0.1) is 22.7 Å². The molecule has 2 aliphatic heterocycles. The molecule has 2 heterocycles. The number of anilines is 2. The van der Waals surface area contributed by atoms with Crippen molar-refractivity contribution in [3.8, 4) is 0 Å². The Morgan fingerprint density at radius 2 is 1.85 bits per heavy atom. The number of hydrogen-bond acceptors (Lipinski definition) is 6. The molecule has 0 bridgehead atoms. The second kappa shape index (κ2) is 10.3. The SMILES string of the molecule is C[C@@H](Nc1cc(N2CCN(C(=O)[C@H]3CCCN3)CC2)ccc1S(C)(=O)=O)c1ccc(Cl)cc1Cl. The molecule has 2 fully saturated rings. The van der Waals surface area contributed by atoms with Crippen LogP contribution in [0.4, 0.5) is 11.4 Å². The molecule has 34 heavy (non-hydrogen) atoms. The van der Waals surface area contributed by atoms with Gasteiger partial charge in [-0.15, -0.1) is 0 Å². The highest BCUT2D eigenvalue weighted by molar-refractivity contribution is 7.90. The third-order valence-corrected chi connectivity index (χ3v) is 8.20. The zero-order valence-electron chi connectivity index (χ0n) is 19.4.